The van der Waals surface area contributed by atoms with Crippen molar-refractivity contribution in [1.29, 1.82) is 0 Å². The molecule has 2 bridgehead atoms. The van der Waals surface area contributed by atoms with Crippen LogP contribution in [0.3, 0.4) is 0 Å². The monoisotopic (exact) mass is 610 g/mol. The molecule has 5 rings (SSSR count). The summed E-state index contributed by atoms with van der Waals surface area (Å²) in [7, 11) is 0. The summed E-state index contributed by atoms with van der Waals surface area (Å²) in [5.41, 5.74) is 1.01. The number of morpholine rings is 1. The van der Waals surface area contributed by atoms with Crippen molar-refractivity contribution >= 4 is 29.5 Å². The Morgan fingerprint density at radius 1 is 1.14 bits per heavy atom. The van der Waals surface area contributed by atoms with Gasteiger partial charge in [-0.1, -0.05) is 49.4 Å². The maximum atomic E-state index is 14.6. The minimum Gasteiger partial charge on any atom is -0.394 e. The number of aliphatic hydroxyl groups excluding tert-OH is 1. The first kappa shape index (κ1) is 31.8. The van der Waals surface area contributed by atoms with Crippen LogP contribution in [-0.2, 0) is 25.7 Å². The fourth-order valence-corrected chi connectivity index (χ4v) is 10.1. The third-order valence-corrected chi connectivity index (χ3v) is 11.8. The van der Waals surface area contributed by atoms with E-state index < -0.39 is 28.7 Å². The molecule has 0 aromatic heterocycles. The molecule has 10 heteroatoms. The van der Waals surface area contributed by atoms with Crippen molar-refractivity contribution < 1.29 is 24.2 Å². The first-order valence-corrected chi connectivity index (χ1v) is 16.4. The lowest BCUT2D eigenvalue weighted by Gasteiger charge is -2.42. The fraction of sp³-hybridized carbons (Fsp3) is 0.606. The van der Waals surface area contributed by atoms with Gasteiger partial charge in [-0.3, -0.25) is 19.3 Å². The number of likely N-dealkylation sites (tertiary alicyclic amines) is 1. The third-order valence-electron chi connectivity index (χ3n) is 9.77. The third kappa shape index (κ3) is 5.79. The van der Waals surface area contributed by atoms with Gasteiger partial charge in [0.25, 0.3) is 0 Å². The highest BCUT2D eigenvalue weighted by Gasteiger charge is 2.76. The van der Waals surface area contributed by atoms with E-state index in [1.807, 2.05) is 35.2 Å². The number of hydrogen-bond acceptors (Lipinski definition) is 7. The average molecular weight is 611 g/mol. The molecule has 4 heterocycles. The minimum absolute atomic E-state index is 0.0529. The van der Waals surface area contributed by atoms with Gasteiger partial charge in [0, 0.05) is 51.1 Å². The Hall–Kier alpha value is -2.66. The molecule has 1 aromatic rings. The predicted molar refractivity (Wildman–Crippen MR) is 168 cm³/mol. The molecule has 9 nitrogen and oxygen atoms in total. The number of benzene rings is 1. The molecule has 0 saturated carbocycles. The van der Waals surface area contributed by atoms with Crippen LogP contribution in [0.1, 0.15) is 25.8 Å². The lowest BCUT2D eigenvalue weighted by molar-refractivity contribution is -0.147. The molecular weight excluding hydrogens is 564 g/mol. The largest absolute Gasteiger partial charge is 0.394 e. The number of aliphatic hydroxyl groups is 1. The van der Waals surface area contributed by atoms with E-state index in [2.05, 4.69) is 25.0 Å². The number of thioether (sulfide) groups is 1. The molecule has 1 N–H and O–H groups in total. The molecule has 4 fully saturated rings. The van der Waals surface area contributed by atoms with E-state index in [0.29, 0.717) is 45.9 Å². The SMILES string of the molecule is C=CCN(CCN1CCOCC1)C(=O)C1N([C@H](C)CO)C(=O)[C@@H]2[C@@H](C(=O)N(CC=C)Cc3ccccc3)[C@H]3CC(C)C12S3. The summed E-state index contributed by atoms with van der Waals surface area (Å²) in [5.74, 6) is -1.49. The van der Waals surface area contributed by atoms with Crippen molar-refractivity contribution in [1.82, 2.24) is 19.6 Å². The summed E-state index contributed by atoms with van der Waals surface area (Å²) in [5, 5.41) is 10.2. The second-order valence-electron chi connectivity index (χ2n) is 12.3. The maximum absolute atomic E-state index is 14.6. The van der Waals surface area contributed by atoms with Crippen molar-refractivity contribution in [2.24, 2.45) is 17.8 Å². The van der Waals surface area contributed by atoms with E-state index >= 15 is 0 Å². The van der Waals surface area contributed by atoms with E-state index in [4.69, 9.17) is 4.74 Å². The van der Waals surface area contributed by atoms with E-state index in [-0.39, 0.29) is 35.5 Å². The van der Waals surface area contributed by atoms with Gasteiger partial charge in [-0.05, 0) is 24.8 Å². The summed E-state index contributed by atoms with van der Waals surface area (Å²) >= 11 is 1.67. The lowest BCUT2D eigenvalue weighted by atomic mass is 9.65. The summed E-state index contributed by atoms with van der Waals surface area (Å²) in [6.07, 6.45) is 4.22. The van der Waals surface area contributed by atoms with Gasteiger partial charge in [0.15, 0.2) is 0 Å². The minimum atomic E-state index is -0.762. The van der Waals surface area contributed by atoms with Crippen molar-refractivity contribution in [3.05, 3.63) is 61.2 Å². The van der Waals surface area contributed by atoms with Crippen LogP contribution in [-0.4, -0.2) is 124 Å². The van der Waals surface area contributed by atoms with Crippen LogP contribution in [0.2, 0.25) is 0 Å². The number of nitrogens with zero attached hydrogens (tertiary/aromatic N) is 4. The number of rotatable bonds is 13. The molecule has 4 saturated heterocycles. The van der Waals surface area contributed by atoms with Gasteiger partial charge in [0.05, 0.1) is 42.4 Å². The zero-order valence-corrected chi connectivity index (χ0v) is 26.3. The van der Waals surface area contributed by atoms with Gasteiger partial charge >= 0.3 is 0 Å². The van der Waals surface area contributed by atoms with Crippen LogP contribution in [0.25, 0.3) is 0 Å². The van der Waals surface area contributed by atoms with E-state index in [1.165, 1.54) is 0 Å². The first-order chi connectivity index (χ1) is 20.8. The molecule has 0 radical (unpaired) electrons. The summed E-state index contributed by atoms with van der Waals surface area (Å²) in [6.45, 7) is 16.8. The molecule has 4 aliphatic heterocycles. The van der Waals surface area contributed by atoms with Crippen LogP contribution in [0.4, 0.5) is 0 Å². The highest BCUT2D eigenvalue weighted by atomic mass is 32.2. The molecule has 43 heavy (non-hydrogen) atoms. The van der Waals surface area contributed by atoms with Crippen molar-refractivity contribution in [3.63, 3.8) is 0 Å². The van der Waals surface area contributed by atoms with Gasteiger partial charge in [-0.2, -0.15) is 0 Å². The van der Waals surface area contributed by atoms with Crippen LogP contribution in [0.5, 0.6) is 0 Å². The van der Waals surface area contributed by atoms with Crippen molar-refractivity contribution in [3.8, 4) is 0 Å². The summed E-state index contributed by atoms with van der Waals surface area (Å²) < 4.78 is 4.75. The molecule has 4 aliphatic rings. The Kier molecular flexibility index (Phi) is 10.0. The molecule has 234 valence electrons. The second kappa shape index (κ2) is 13.5. The van der Waals surface area contributed by atoms with E-state index in [0.717, 1.165) is 25.1 Å². The topological polar surface area (TPSA) is 93.6 Å². The standard InChI is InChI=1S/C33H46N4O5S/c1-5-12-35(15-14-34-16-18-42-19-17-34)32(41)29-33-23(3)20-26(43-33)27(28(33)31(40)37(29)24(4)22-38)30(39)36(13-6-2)21-25-10-8-7-9-11-25/h5-11,23-24,26-29,38H,1-2,12-22H2,3-4H3/t23?,24-,26-,27+,28+,29?,33?/m1/s1. The van der Waals surface area contributed by atoms with E-state index in [9.17, 15) is 19.5 Å². The Morgan fingerprint density at radius 2 is 1.81 bits per heavy atom. The number of fused-ring (bicyclic) bond motifs is 1. The zero-order chi connectivity index (χ0) is 30.7. The van der Waals surface area contributed by atoms with E-state index in [1.54, 1.807) is 40.6 Å². The van der Waals surface area contributed by atoms with Crippen LogP contribution >= 0.6 is 11.8 Å². The lowest BCUT2D eigenvalue weighted by Crippen LogP contribution is -2.59. The van der Waals surface area contributed by atoms with Crippen LogP contribution < -0.4 is 0 Å². The molecule has 1 aromatic carbocycles. The number of amides is 3. The number of hydrogen-bond donors (Lipinski definition) is 1. The molecular formula is C33H46N4O5S. The fourth-order valence-electron chi connectivity index (χ4n) is 7.69. The van der Waals surface area contributed by atoms with Gasteiger partial charge in [0.1, 0.15) is 6.04 Å². The predicted octanol–water partition coefficient (Wildman–Crippen LogP) is 2.27. The zero-order valence-electron chi connectivity index (χ0n) is 25.5. The Labute approximate surface area is 259 Å². The van der Waals surface area contributed by atoms with Gasteiger partial charge in [-0.15, -0.1) is 24.9 Å². The van der Waals surface area contributed by atoms with Crippen LogP contribution in [0.15, 0.2) is 55.6 Å². The van der Waals surface area contributed by atoms with Gasteiger partial charge in [0.2, 0.25) is 17.7 Å². The Bertz CT molecular complexity index is 1190. The highest BCUT2D eigenvalue weighted by Crippen LogP contribution is 2.69. The van der Waals surface area contributed by atoms with Crippen molar-refractivity contribution in [2.45, 2.75) is 48.9 Å². The smallest absolute Gasteiger partial charge is 0.247 e. The van der Waals surface area contributed by atoms with Crippen LogP contribution in [0, 0.1) is 17.8 Å². The normalized spacial score (nSPS) is 30.6. The van der Waals surface area contributed by atoms with Gasteiger partial charge in [-0.25, -0.2) is 0 Å². The quantitative estimate of drug-likeness (QED) is 0.343. The van der Waals surface area contributed by atoms with Gasteiger partial charge < -0.3 is 24.5 Å². The Morgan fingerprint density at radius 3 is 2.47 bits per heavy atom. The summed E-state index contributed by atoms with van der Waals surface area (Å²) in [4.78, 5) is 51.0. The Balaban J connectivity index is 1.47. The molecule has 3 amide bonds. The molecule has 0 aliphatic carbocycles. The average Bonchev–Trinajstić information content (AvgIpc) is 3.62. The molecule has 7 atom stereocenters. The molecule has 3 unspecified atom stereocenters. The van der Waals surface area contributed by atoms with Crippen molar-refractivity contribution in [2.75, 3.05) is 59.1 Å². The number of carbonyl (C=O) groups is 3. The molecule has 1 spiro atoms. The highest BCUT2D eigenvalue weighted by molar-refractivity contribution is 8.02. The number of carbonyl (C=O) groups excluding carboxylic acids is 3. The summed E-state index contributed by atoms with van der Waals surface area (Å²) in [6, 6.07) is 8.53. The number of ether oxygens (including phenoxy) is 1. The second-order valence-corrected chi connectivity index (χ2v) is 13.9. The maximum Gasteiger partial charge on any atom is 0.247 e. The first-order valence-electron chi connectivity index (χ1n) is 15.5.